The zero-order valence-electron chi connectivity index (χ0n) is 14.7. The van der Waals surface area contributed by atoms with Gasteiger partial charge in [0.25, 0.3) is 0 Å². The lowest BCUT2D eigenvalue weighted by Crippen LogP contribution is -2.15. The van der Waals surface area contributed by atoms with Crippen LogP contribution in [0.25, 0.3) is 0 Å². The highest BCUT2D eigenvalue weighted by Gasteiger charge is 2.21. The first-order valence-electron chi connectivity index (χ1n) is 8.84. The molecule has 0 radical (unpaired) electrons. The van der Waals surface area contributed by atoms with Crippen molar-refractivity contribution in [3.8, 4) is 23.0 Å². The summed E-state index contributed by atoms with van der Waals surface area (Å²) in [6, 6.07) is 10.7. The molecule has 138 valence electrons. The Bertz CT molecular complexity index is 792. The molecule has 4 rings (SSSR count). The van der Waals surface area contributed by atoms with Crippen molar-refractivity contribution in [2.24, 2.45) is 0 Å². The van der Waals surface area contributed by atoms with E-state index >= 15 is 0 Å². The molecule has 2 aromatic rings. The third-order valence-electron chi connectivity index (χ3n) is 4.45. The Kier molecular flexibility index (Phi) is 5.22. The van der Waals surface area contributed by atoms with E-state index in [0.29, 0.717) is 31.6 Å². The molecular formula is C20H22BrNO4. The molecule has 2 aromatic carbocycles. The van der Waals surface area contributed by atoms with Crippen LogP contribution in [0, 0.1) is 0 Å². The number of ether oxygens (including phenoxy) is 4. The summed E-state index contributed by atoms with van der Waals surface area (Å²) in [5.41, 5.74) is 2.19. The fraction of sp³-hybridized carbons (Fsp3) is 0.400. The van der Waals surface area contributed by atoms with Crippen LogP contribution >= 0.6 is 15.9 Å². The SMILES string of the molecule is COc1cc(CNC2CC2)cc(Br)c1OCc1ccc2c(c1)OCCO2. The number of nitrogens with one attached hydrogen (secondary N) is 1. The number of benzene rings is 2. The summed E-state index contributed by atoms with van der Waals surface area (Å²) >= 11 is 3.62. The van der Waals surface area contributed by atoms with Gasteiger partial charge in [-0.25, -0.2) is 0 Å². The molecular weight excluding hydrogens is 398 g/mol. The summed E-state index contributed by atoms with van der Waals surface area (Å²) in [6.07, 6.45) is 2.55. The Morgan fingerprint density at radius 2 is 1.88 bits per heavy atom. The molecule has 6 heteroatoms. The van der Waals surface area contributed by atoms with Crippen molar-refractivity contribution in [2.45, 2.75) is 32.0 Å². The zero-order valence-corrected chi connectivity index (χ0v) is 16.3. The Labute approximate surface area is 161 Å². The van der Waals surface area contributed by atoms with Crippen LogP contribution in [-0.2, 0) is 13.2 Å². The normalized spacial score (nSPS) is 15.6. The van der Waals surface area contributed by atoms with E-state index < -0.39 is 0 Å². The number of hydrogen-bond donors (Lipinski definition) is 1. The van der Waals surface area contributed by atoms with Gasteiger partial charge in [0, 0.05) is 12.6 Å². The first-order chi connectivity index (χ1) is 12.7. The van der Waals surface area contributed by atoms with Crippen molar-refractivity contribution >= 4 is 15.9 Å². The monoisotopic (exact) mass is 419 g/mol. The second kappa shape index (κ2) is 7.76. The lowest BCUT2D eigenvalue weighted by molar-refractivity contribution is 0.171. The molecule has 1 saturated carbocycles. The summed E-state index contributed by atoms with van der Waals surface area (Å²) in [6.45, 7) is 2.43. The lowest BCUT2D eigenvalue weighted by Gasteiger charge is -2.19. The molecule has 1 fully saturated rings. The van der Waals surface area contributed by atoms with Gasteiger partial charge in [-0.05, 0) is 64.2 Å². The van der Waals surface area contributed by atoms with Crippen LogP contribution in [0.3, 0.4) is 0 Å². The number of fused-ring (bicyclic) bond motifs is 1. The second-order valence-corrected chi connectivity index (χ2v) is 7.39. The maximum Gasteiger partial charge on any atom is 0.175 e. The van der Waals surface area contributed by atoms with Crippen LogP contribution in [0.2, 0.25) is 0 Å². The van der Waals surface area contributed by atoms with E-state index in [-0.39, 0.29) is 0 Å². The van der Waals surface area contributed by atoms with Crippen LogP contribution < -0.4 is 24.3 Å². The Balaban J connectivity index is 1.46. The van der Waals surface area contributed by atoms with E-state index in [1.54, 1.807) is 7.11 Å². The Hall–Kier alpha value is -1.92. The van der Waals surface area contributed by atoms with Gasteiger partial charge >= 0.3 is 0 Å². The van der Waals surface area contributed by atoms with Gasteiger partial charge < -0.3 is 24.3 Å². The standard InChI is InChI=1S/C20H22BrNO4/c1-23-19-10-14(11-22-15-3-4-15)8-16(21)20(19)26-12-13-2-5-17-18(9-13)25-7-6-24-17/h2,5,8-10,15,22H,3-4,6-7,11-12H2,1H3. The topological polar surface area (TPSA) is 49.0 Å². The van der Waals surface area contributed by atoms with Gasteiger partial charge in [0.15, 0.2) is 23.0 Å². The summed E-state index contributed by atoms with van der Waals surface area (Å²) < 4.78 is 23.7. The predicted octanol–water partition coefficient (Wildman–Crippen LogP) is 4.06. The van der Waals surface area contributed by atoms with E-state index in [1.165, 1.54) is 18.4 Å². The molecule has 1 heterocycles. The van der Waals surface area contributed by atoms with Gasteiger partial charge in [-0.1, -0.05) is 6.07 Å². The molecule has 0 unspecified atom stereocenters. The van der Waals surface area contributed by atoms with Crippen molar-refractivity contribution in [2.75, 3.05) is 20.3 Å². The highest BCUT2D eigenvalue weighted by Crippen LogP contribution is 2.38. The van der Waals surface area contributed by atoms with Crippen LogP contribution in [0.1, 0.15) is 24.0 Å². The smallest absolute Gasteiger partial charge is 0.175 e. The third kappa shape index (κ3) is 4.07. The second-order valence-electron chi connectivity index (χ2n) is 6.53. The van der Waals surface area contributed by atoms with Crippen molar-refractivity contribution in [3.63, 3.8) is 0 Å². The van der Waals surface area contributed by atoms with E-state index in [1.807, 2.05) is 24.3 Å². The summed E-state index contributed by atoms with van der Waals surface area (Å²) in [7, 11) is 1.66. The predicted molar refractivity (Wildman–Crippen MR) is 102 cm³/mol. The molecule has 0 bridgehead atoms. The lowest BCUT2D eigenvalue weighted by atomic mass is 10.2. The maximum absolute atomic E-state index is 6.04. The molecule has 1 aliphatic carbocycles. The summed E-state index contributed by atoms with van der Waals surface area (Å²) in [4.78, 5) is 0. The van der Waals surface area contributed by atoms with Crippen molar-refractivity contribution in [3.05, 3.63) is 45.9 Å². The van der Waals surface area contributed by atoms with Crippen LogP contribution in [-0.4, -0.2) is 26.4 Å². The van der Waals surface area contributed by atoms with Crippen LogP contribution in [0.4, 0.5) is 0 Å². The summed E-state index contributed by atoms with van der Waals surface area (Å²) in [5, 5.41) is 3.51. The fourth-order valence-electron chi connectivity index (χ4n) is 2.90. The van der Waals surface area contributed by atoms with Gasteiger partial charge in [0.2, 0.25) is 0 Å². The van der Waals surface area contributed by atoms with Gasteiger partial charge in [-0.3, -0.25) is 0 Å². The molecule has 0 amide bonds. The molecule has 0 saturated heterocycles. The van der Waals surface area contributed by atoms with Crippen molar-refractivity contribution < 1.29 is 18.9 Å². The van der Waals surface area contributed by atoms with Gasteiger partial charge in [-0.15, -0.1) is 0 Å². The van der Waals surface area contributed by atoms with Gasteiger partial charge in [0.1, 0.15) is 19.8 Å². The van der Waals surface area contributed by atoms with E-state index in [2.05, 4.69) is 27.3 Å². The first-order valence-corrected chi connectivity index (χ1v) is 9.63. The highest BCUT2D eigenvalue weighted by atomic mass is 79.9. The molecule has 0 aromatic heterocycles. The quantitative estimate of drug-likeness (QED) is 0.732. The molecule has 1 N–H and O–H groups in total. The Morgan fingerprint density at radius 3 is 2.65 bits per heavy atom. The van der Waals surface area contributed by atoms with Gasteiger partial charge in [0.05, 0.1) is 11.6 Å². The van der Waals surface area contributed by atoms with Gasteiger partial charge in [-0.2, -0.15) is 0 Å². The number of hydrogen-bond acceptors (Lipinski definition) is 5. The molecule has 5 nitrogen and oxygen atoms in total. The average Bonchev–Trinajstić information content (AvgIpc) is 3.49. The third-order valence-corrected chi connectivity index (χ3v) is 5.04. The molecule has 2 aliphatic rings. The summed E-state index contributed by atoms with van der Waals surface area (Å²) in [5.74, 6) is 2.98. The highest BCUT2D eigenvalue weighted by molar-refractivity contribution is 9.10. The first kappa shape index (κ1) is 17.5. The molecule has 0 atom stereocenters. The van der Waals surface area contributed by atoms with Crippen LogP contribution in [0.5, 0.6) is 23.0 Å². The largest absolute Gasteiger partial charge is 0.493 e. The van der Waals surface area contributed by atoms with Crippen molar-refractivity contribution in [1.29, 1.82) is 0 Å². The maximum atomic E-state index is 6.04. The number of halogens is 1. The molecule has 0 spiro atoms. The minimum absolute atomic E-state index is 0.422. The van der Waals surface area contributed by atoms with E-state index in [4.69, 9.17) is 18.9 Å². The molecule has 1 aliphatic heterocycles. The Morgan fingerprint density at radius 1 is 1.08 bits per heavy atom. The molecule has 26 heavy (non-hydrogen) atoms. The van der Waals surface area contributed by atoms with Crippen molar-refractivity contribution in [1.82, 2.24) is 5.32 Å². The number of methoxy groups -OCH3 is 1. The van der Waals surface area contributed by atoms with E-state index in [9.17, 15) is 0 Å². The minimum atomic E-state index is 0.422. The fourth-order valence-corrected chi connectivity index (χ4v) is 3.50. The zero-order chi connectivity index (χ0) is 17.9. The van der Waals surface area contributed by atoms with Crippen LogP contribution in [0.15, 0.2) is 34.8 Å². The number of rotatable bonds is 7. The average molecular weight is 420 g/mol. The minimum Gasteiger partial charge on any atom is -0.493 e. The van der Waals surface area contributed by atoms with E-state index in [0.717, 1.165) is 33.8 Å².